The lowest BCUT2D eigenvalue weighted by atomic mass is 10.1. The molecule has 2 amide bonds. The molecule has 25 heavy (non-hydrogen) atoms. The molecule has 1 saturated heterocycles. The molecule has 1 aliphatic heterocycles. The van der Waals surface area contributed by atoms with Crippen LogP contribution >= 0.6 is 0 Å². The summed E-state index contributed by atoms with van der Waals surface area (Å²) in [5.41, 5.74) is 1.66. The number of benzene rings is 1. The van der Waals surface area contributed by atoms with Crippen LogP contribution in [-0.2, 0) is 11.2 Å². The van der Waals surface area contributed by atoms with Crippen LogP contribution in [0.2, 0.25) is 0 Å². The molecule has 2 atom stereocenters. The number of likely N-dealkylation sites (N-methyl/N-ethyl adjacent to an activating group) is 1. The molecule has 0 bridgehead atoms. The van der Waals surface area contributed by atoms with Crippen LogP contribution in [0.15, 0.2) is 18.2 Å². The minimum absolute atomic E-state index is 0.0838. The van der Waals surface area contributed by atoms with Gasteiger partial charge in [0.05, 0.1) is 12.1 Å². The van der Waals surface area contributed by atoms with Gasteiger partial charge in [-0.1, -0.05) is 12.1 Å². The Hall–Kier alpha value is -1.66. The Kier molecular flexibility index (Phi) is 5.91. The third-order valence-electron chi connectivity index (χ3n) is 5.06. The minimum atomic E-state index is -0.168. The van der Waals surface area contributed by atoms with Crippen LogP contribution < -0.4 is 5.32 Å². The van der Waals surface area contributed by atoms with E-state index in [0.717, 1.165) is 43.5 Å². The van der Waals surface area contributed by atoms with Gasteiger partial charge in [-0.15, -0.1) is 0 Å². The van der Waals surface area contributed by atoms with Gasteiger partial charge in [0.25, 0.3) is 0 Å². The van der Waals surface area contributed by atoms with Crippen LogP contribution in [-0.4, -0.2) is 62.3 Å². The standard InChI is InChI=1S/C19H28FN3O2/c1-22(2)10-11-23(13-14-5-4-12-25-14)19(24)21-18-9-8-15-16(18)6-3-7-17(15)20/h3,6-7,14,18H,4-5,8-13H2,1-2H3,(H,21,24). The molecule has 0 radical (unpaired) electrons. The second-order valence-electron chi connectivity index (χ2n) is 7.23. The van der Waals surface area contributed by atoms with E-state index in [1.165, 1.54) is 6.07 Å². The van der Waals surface area contributed by atoms with E-state index in [0.29, 0.717) is 19.5 Å². The van der Waals surface area contributed by atoms with Gasteiger partial charge in [-0.3, -0.25) is 0 Å². The maximum absolute atomic E-state index is 13.9. The molecule has 3 rings (SSSR count). The fraction of sp³-hybridized carbons (Fsp3) is 0.632. The van der Waals surface area contributed by atoms with Gasteiger partial charge in [0.1, 0.15) is 5.82 Å². The monoisotopic (exact) mass is 349 g/mol. The molecular weight excluding hydrogens is 321 g/mol. The predicted octanol–water partition coefficient (Wildman–Crippen LogP) is 2.57. The van der Waals surface area contributed by atoms with E-state index in [2.05, 4.69) is 10.2 Å². The van der Waals surface area contributed by atoms with Crippen molar-refractivity contribution < 1.29 is 13.9 Å². The van der Waals surface area contributed by atoms with E-state index in [9.17, 15) is 9.18 Å². The molecule has 0 aromatic heterocycles. The second kappa shape index (κ2) is 8.15. The third-order valence-corrected chi connectivity index (χ3v) is 5.06. The summed E-state index contributed by atoms with van der Waals surface area (Å²) in [7, 11) is 4.00. The maximum atomic E-state index is 13.9. The normalized spacial score (nSPS) is 22.2. The van der Waals surface area contributed by atoms with Gasteiger partial charge in [0.15, 0.2) is 0 Å². The number of ether oxygens (including phenoxy) is 1. The number of urea groups is 1. The number of fused-ring (bicyclic) bond motifs is 1. The number of carbonyl (C=O) groups is 1. The number of hydrogen-bond acceptors (Lipinski definition) is 3. The summed E-state index contributed by atoms with van der Waals surface area (Å²) in [6, 6.07) is 4.93. The molecule has 138 valence electrons. The van der Waals surface area contributed by atoms with E-state index in [1.54, 1.807) is 6.07 Å². The summed E-state index contributed by atoms with van der Waals surface area (Å²) in [6.07, 6.45) is 3.62. The smallest absolute Gasteiger partial charge is 0.318 e. The zero-order chi connectivity index (χ0) is 17.8. The molecule has 0 saturated carbocycles. The summed E-state index contributed by atoms with van der Waals surface area (Å²) in [6.45, 7) is 2.85. The van der Waals surface area contributed by atoms with Gasteiger partial charge >= 0.3 is 6.03 Å². The largest absolute Gasteiger partial charge is 0.376 e. The first kappa shape index (κ1) is 18.1. The highest BCUT2D eigenvalue weighted by molar-refractivity contribution is 5.75. The van der Waals surface area contributed by atoms with Gasteiger partial charge in [-0.05, 0) is 57.0 Å². The van der Waals surface area contributed by atoms with Crippen molar-refractivity contribution in [2.24, 2.45) is 0 Å². The first-order valence-electron chi connectivity index (χ1n) is 9.13. The van der Waals surface area contributed by atoms with Crippen LogP contribution in [0.4, 0.5) is 9.18 Å². The number of halogens is 1. The highest BCUT2D eigenvalue weighted by atomic mass is 19.1. The fourth-order valence-electron chi connectivity index (χ4n) is 3.63. The van der Waals surface area contributed by atoms with E-state index in [4.69, 9.17) is 4.74 Å². The first-order valence-corrected chi connectivity index (χ1v) is 9.13. The Morgan fingerprint density at radius 1 is 1.32 bits per heavy atom. The van der Waals surface area contributed by atoms with Gasteiger partial charge < -0.3 is 19.9 Å². The van der Waals surface area contributed by atoms with Crippen molar-refractivity contribution >= 4 is 6.03 Å². The van der Waals surface area contributed by atoms with E-state index < -0.39 is 0 Å². The zero-order valence-corrected chi connectivity index (χ0v) is 15.1. The molecular formula is C19H28FN3O2. The summed E-state index contributed by atoms with van der Waals surface area (Å²) < 4.78 is 19.6. The third kappa shape index (κ3) is 4.50. The van der Waals surface area contributed by atoms with Gasteiger partial charge in [-0.25, -0.2) is 9.18 Å². The summed E-state index contributed by atoms with van der Waals surface area (Å²) in [5.74, 6) is -0.168. The molecule has 2 aliphatic rings. The minimum Gasteiger partial charge on any atom is -0.376 e. The van der Waals surface area contributed by atoms with E-state index >= 15 is 0 Å². The summed E-state index contributed by atoms with van der Waals surface area (Å²) in [4.78, 5) is 16.7. The van der Waals surface area contributed by atoms with Gasteiger partial charge in [0.2, 0.25) is 0 Å². The Bertz CT molecular complexity index is 602. The molecule has 1 fully saturated rings. The van der Waals surface area contributed by atoms with Gasteiger partial charge in [-0.2, -0.15) is 0 Å². The lowest BCUT2D eigenvalue weighted by Crippen LogP contribution is -2.47. The molecule has 1 aromatic rings. The molecule has 6 heteroatoms. The van der Waals surface area contributed by atoms with Crippen molar-refractivity contribution in [2.45, 2.75) is 37.8 Å². The van der Waals surface area contributed by atoms with Crippen molar-refractivity contribution in [1.29, 1.82) is 0 Å². The van der Waals surface area contributed by atoms with Crippen molar-refractivity contribution in [1.82, 2.24) is 15.1 Å². The molecule has 1 aromatic carbocycles. The van der Waals surface area contributed by atoms with Crippen LogP contribution in [0.3, 0.4) is 0 Å². The van der Waals surface area contributed by atoms with Crippen LogP contribution in [0.1, 0.15) is 36.4 Å². The molecule has 0 spiro atoms. The Morgan fingerprint density at radius 3 is 2.88 bits per heavy atom. The quantitative estimate of drug-likeness (QED) is 0.858. The summed E-state index contributed by atoms with van der Waals surface area (Å²) >= 11 is 0. The van der Waals surface area contributed by atoms with Crippen molar-refractivity contribution in [3.63, 3.8) is 0 Å². The number of carbonyl (C=O) groups excluding carboxylic acids is 1. The highest BCUT2D eigenvalue weighted by Crippen LogP contribution is 2.32. The molecule has 2 unspecified atom stereocenters. The topological polar surface area (TPSA) is 44.8 Å². The van der Waals surface area contributed by atoms with Gasteiger partial charge in [0, 0.05) is 26.2 Å². The van der Waals surface area contributed by atoms with E-state index in [1.807, 2.05) is 25.1 Å². The molecule has 1 aliphatic carbocycles. The molecule has 1 N–H and O–H groups in total. The number of hydrogen-bond donors (Lipinski definition) is 1. The fourth-order valence-corrected chi connectivity index (χ4v) is 3.63. The number of nitrogens with one attached hydrogen (secondary N) is 1. The predicted molar refractivity (Wildman–Crippen MR) is 95.1 cm³/mol. The van der Waals surface area contributed by atoms with Crippen molar-refractivity contribution in [2.75, 3.05) is 40.3 Å². The van der Waals surface area contributed by atoms with E-state index in [-0.39, 0.29) is 24.0 Å². The zero-order valence-electron chi connectivity index (χ0n) is 15.1. The average molecular weight is 349 g/mol. The number of amides is 2. The van der Waals surface area contributed by atoms with Crippen LogP contribution in [0.5, 0.6) is 0 Å². The average Bonchev–Trinajstić information content (AvgIpc) is 3.22. The highest BCUT2D eigenvalue weighted by Gasteiger charge is 2.29. The number of nitrogens with zero attached hydrogens (tertiary/aromatic N) is 2. The van der Waals surface area contributed by atoms with Crippen LogP contribution in [0.25, 0.3) is 0 Å². The molecule has 5 nitrogen and oxygen atoms in total. The Balaban J connectivity index is 1.64. The maximum Gasteiger partial charge on any atom is 0.318 e. The summed E-state index contributed by atoms with van der Waals surface area (Å²) in [5, 5.41) is 3.11. The Morgan fingerprint density at radius 2 is 2.16 bits per heavy atom. The van der Waals surface area contributed by atoms with Crippen molar-refractivity contribution in [3.8, 4) is 0 Å². The molecule has 1 heterocycles. The van der Waals surface area contributed by atoms with Crippen LogP contribution in [0, 0.1) is 5.82 Å². The van der Waals surface area contributed by atoms with Crippen molar-refractivity contribution in [3.05, 3.63) is 35.1 Å². The first-order chi connectivity index (χ1) is 12.0. The SMILES string of the molecule is CN(C)CCN(CC1CCCO1)C(=O)NC1CCc2c(F)cccc21. The lowest BCUT2D eigenvalue weighted by molar-refractivity contribution is 0.0790. The lowest BCUT2D eigenvalue weighted by Gasteiger charge is -2.28. The number of rotatable bonds is 6. The second-order valence-corrected chi connectivity index (χ2v) is 7.23. The Labute approximate surface area is 149 Å².